The van der Waals surface area contributed by atoms with Crippen LogP contribution in [0.4, 0.5) is 0 Å². The lowest BCUT2D eigenvalue weighted by atomic mass is 10.2. The zero-order chi connectivity index (χ0) is 11.7. The SMILES string of the molecule is CCCS(=O)(=O)CCNCCC(O)CC. The molecular weight excluding hydrogens is 214 g/mol. The first-order valence-corrected chi connectivity index (χ1v) is 7.43. The molecule has 4 nitrogen and oxygen atoms in total. The summed E-state index contributed by atoms with van der Waals surface area (Å²) in [5, 5.41) is 12.3. The van der Waals surface area contributed by atoms with Crippen LogP contribution in [0, 0.1) is 0 Å². The third kappa shape index (κ3) is 8.84. The Kier molecular flexibility index (Phi) is 8.00. The fraction of sp³-hybridized carbons (Fsp3) is 1.00. The van der Waals surface area contributed by atoms with Gasteiger partial charge in [0.15, 0.2) is 9.84 Å². The molecule has 0 amide bonds. The molecule has 1 atom stereocenters. The van der Waals surface area contributed by atoms with Crippen molar-refractivity contribution in [3.63, 3.8) is 0 Å². The number of nitrogens with one attached hydrogen (secondary N) is 1. The van der Waals surface area contributed by atoms with Crippen molar-refractivity contribution in [1.82, 2.24) is 5.32 Å². The highest BCUT2D eigenvalue weighted by atomic mass is 32.2. The van der Waals surface area contributed by atoms with Crippen molar-refractivity contribution in [3.8, 4) is 0 Å². The summed E-state index contributed by atoms with van der Waals surface area (Å²) in [7, 11) is -2.86. The van der Waals surface area contributed by atoms with Gasteiger partial charge in [0, 0.05) is 12.3 Å². The molecule has 0 aromatic rings. The second-order valence-corrected chi connectivity index (χ2v) is 6.06. The molecule has 15 heavy (non-hydrogen) atoms. The average molecular weight is 237 g/mol. The van der Waals surface area contributed by atoms with Crippen molar-refractivity contribution in [2.24, 2.45) is 0 Å². The Balaban J connectivity index is 3.46. The maximum atomic E-state index is 11.3. The highest BCUT2D eigenvalue weighted by Crippen LogP contribution is 1.95. The van der Waals surface area contributed by atoms with Crippen LogP contribution in [-0.2, 0) is 9.84 Å². The molecule has 0 bridgehead atoms. The Morgan fingerprint density at radius 3 is 2.40 bits per heavy atom. The molecule has 1 unspecified atom stereocenters. The van der Waals surface area contributed by atoms with Gasteiger partial charge in [0.25, 0.3) is 0 Å². The van der Waals surface area contributed by atoms with E-state index in [2.05, 4.69) is 5.32 Å². The largest absolute Gasteiger partial charge is 0.393 e. The smallest absolute Gasteiger partial charge is 0.151 e. The summed E-state index contributed by atoms with van der Waals surface area (Å²) in [5.41, 5.74) is 0. The van der Waals surface area contributed by atoms with Crippen LogP contribution in [0.5, 0.6) is 0 Å². The van der Waals surface area contributed by atoms with E-state index in [4.69, 9.17) is 0 Å². The first kappa shape index (κ1) is 14.9. The van der Waals surface area contributed by atoms with Crippen LogP contribution in [0.15, 0.2) is 0 Å². The highest BCUT2D eigenvalue weighted by molar-refractivity contribution is 7.91. The van der Waals surface area contributed by atoms with Gasteiger partial charge in [-0.3, -0.25) is 0 Å². The third-order valence-electron chi connectivity index (χ3n) is 2.23. The van der Waals surface area contributed by atoms with Crippen LogP contribution in [0.3, 0.4) is 0 Å². The van der Waals surface area contributed by atoms with Gasteiger partial charge in [-0.2, -0.15) is 0 Å². The Morgan fingerprint density at radius 1 is 1.20 bits per heavy atom. The zero-order valence-corrected chi connectivity index (χ0v) is 10.5. The van der Waals surface area contributed by atoms with Crippen molar-refractivity contribution in [3.05, 3.63) is 0 Å². The standard InChI is InChI=1S/C10H23NO3S/c1-3-8-15(13,14)9-7-11-6-5-10(12)4-2/h10-12H,3-9H2,1-2H3. The normalized spacial score (nSPS) is 14.1. The van der Waals surface area contributed by atoms with E-state index < -0.39 is 9.84 Å². The van der Waals surface area contributed by atoms with E-state index in [1.165, 1.54) is 0 Å². The molecule has 0 saturated carbocycles. The first-order valence-electron chi connectivity index (χ1n) is 5.61. The van der Waals surface area contributed by atoms with Crippen molar-refractivity contribution >= 4 is 9.84 Å². The molecule has 0 aliphatic heterocycles. The van der Waals surface area contributed by atoms with Gasteiger partial charge in [-0.05, 0) is 25.8 Å². The fourth-order valence-electron chi connectivity index (χ4n) is 1.24. The van der Waals surface area contributed by atoms with Gasteiger partial charge in [0.1, 0.15) is 0 Å². The molecule has 0 heterocycles. The summed E-state index contributed by atoms with van der Waals surface area (Å²) in [6.45, 7) is 4.95. The molecule has 0 aromatic carbocycles. The van der Waals surface area contributed by atoms with Crippen molar-refractivity contribution in [1.29, 1.82) is 0 Å². The molecule has 2 N–H and O–H groups in total. The van der Waals surface area contributed by atoms with Gasteiger partial charge >= 0.3 is 0 Å². The van der Waals surface area contributed by atoms with E-state index in [9.17, 15) is 13.5 Å². The summed E-state index contributed by atoms with van der Waals surface area (Å²) < 4.78 is 22.6. The lowest BCUT2D eigenvalue weighted by molar-refractivity contribution is 0.160. The van der Waals surface area contributed by atoms with Gasteiger partial charge in [-0.25, -0.2) is 8.42 Å². The lowest BCUT2D eigenvalue weighted by Gasteiger charge is -2.08. The topological polar surface area (TPSA) is 66.4 Å². The summed E-state index contributed by atoms with van der Waals surface area (Å²) >= 11 is 0. The van der Waals surface area contributed by atoms with Crippen LogP contribution >= 0.6 is 0 Å². The minimum absolute atomic E-state index is 0.197. The monoisotopic (exact) mass is 237 g/mol. The quantitative estimate of drug-likeness (QED) is 0.575. The highest BCUT2D eigenvalue weighted by Gasteiger charge is 2.08. The van der Waals surface area contributed by atoms with Crippen LogP contribution in [-0.4, -0.2) is 44.2 Å². The van der Waals surface area contributed by atoms with Gasteiger partial charge < -0.3 is 10.4 Å². The summed E-state index contributed by atoms with van der Waals surface area (Å²) in [6.07, 6.45) is 1.83. The molecule has 0 aliphatic rings. The van der Waals surface area contributed by atoms with Gasteiger partial charge in [-0.1, -0.05) is 13.8 Å². The number of hydrogen-bond acceptors (Lipinski definition) is 4. The van der Waals surface area contributed by atoms with E-state index in [0.29, 0.717) is 25.9 Å². The molecule has 0 fully saturated rings. The third-order valence-corrected chi connectivity index (χ3v) is 4.09. The van der Waals surface area contributed by atoms with Gasteiger partial charge in [0.05, 0.1) is 11.9 Å². The maximum absolute atomic E-state index is 11.3. The molecule has 0 rings (SSSR count). The predicted octanol–water partition coefficient (Wildman–Crippen LogP) is 0.562. The number of hydrogen-bond donors (Lipinski definition) is 2. The Hall–Kier alpha value is -0.130. The number of rotatable bonds is 9. The zero-order valence-electron chi connectivity index (χ0n) is 9.70. The van der Waals surface area contributed by atoms with Crippen LogP contribution < -0.4 is 5.32 Å². The second-order valence-electron chi connectivity index (χ2n) is 3.75. The van der Waals surface area contributed by atoms with Crippen molar-refractivity contribution < 1.29 is 13.5 Å². The van der Waals surface area contributed by atoms with Crippen LogP contribution in [0.25, 0.3) is 0 Å². The number of sulfone groups is 1. The van der Waals surface area contributed by atoms with Gasteiger partial charge in [-0.15, -0.1) is 0 Å². The van der Waals surface area contributed by atoms with Crippen LogP contribution in [0.1, 0.15) is 33.1 Å². The Morgan fingerprint density at radius 2 is 1.87 bits per heavy atom. The molecule has 0 aromatic heterocycles. The summed E-state index contributed by atoms with van der Waals surface area (Å²) in [4.78, 5) is 0. The minimum Gasteiger partial charge on any atom is -0.393 e. The number of aliphatic hydroxyl groups is 1. The molecule has 0 spiro atoms. The summed E-state index contributed by atoms with van der Waals surface area (Å²) in [5.74, 6) is 0.468. The van der Waals surface area contributed by atoms with Crippen molar-refractivity contribution in [2.75, 3.05) is 24.6 Å². The lowest BCUT2D eigenvalue weighted by Crippen LogP contribution is -2.27. The van der Waals surface area contributed by atoms with E-state index in [-0.39, 0.29) is 17.6 Å². The van der Waals surface area contributed by atoms with E-state index in [0.717, 1.165) is 6.42 Å². The Bertz CT molecular complexity index is 239. The average Bonchev–Trinajstić information content (AvgIpc) is 2.16. The van der Waals surface area contributed by atoms with E-state index in [1.807, 2.05) is 13.8 Å². The molecule has 0 aliphatic carbocycles. The predicted molar refractivity (Wildman–Crippen MR) is 62.7 cm³/mol. The molecule has 92 valence electrons. The first-order chi connectivity index (χ1) is 7.02. The second kappa shape index (κ2) is 8.07. The molecule has 0 saturated heterocycles. The minimum atomic E-state index is -2.86. The van der Waals surface area contributed by atoms with E-state index >= 15 is 0 Å². The van der Waals surface area contributed by atoms with Gasteiger partial charge in [0.2, 0.25) is 0 Å². The Labute approximate surface area is 93.0 Å². The van der Waals surface area contributed by atoms with Crippen LogP contribution in [0.2, 0.25) is 0 Å². The van der Waals surface area contributed by atoms with E-state index in [1.54, 1.807) is 0 Å². The van der Waals surface area contributed by atoms with Crippen molar-refractivity contribution in [2.45, 2.75) is 39.2 Å². The fourth-order valence-corrected chi connectivity index (χ4v) is 2.52. The molecular formula is C10H23NO3S. The number of aliphatic hydroxyl groups excluding tert-OH is 1. The maximum Gasteiger partial charge on any atom is 0.151 e. The molecule has 0 radical (unpaired) electrons. The summed E-state index contributed by atoms with van der Waals surface area (Å²) in [6, 6.07) is 0. The molecule has 5 heteroatoms.